The van der Waals surface area contributed by atoms with Gasteiger partial charge in [0, 0.05) is 0 Å². The standard InChI is InChI=1S/CH2O4.Be.2H/c2-1(3)5-4;;;/h4H,(H,2,3);;;. The summed E-state index contributed by atoms with van der Waals surface area (Å²) in [6, 6.07) is 0. The maximum absolute atomic E-state index is 8.90. The van der Waals surface area contributed by atoms with E-state index in [2.05, 4.69) is 4.89 Å². The molecule has 0 spiro atoms. The topological polar surface area (TPSA) is 66.8 Å². The Morgan fingerprint density at radius 3 is 1.83 bits per heavy atom. The van der Waals surface area contributed by atoms with Crippen LogP contribution in [0.15, 0.2) is 0 Å². The Morgan fingerprint density at radius 2 is 1.83 bits per heavy atom. The van der Waals surface area contributed by atoms with Crippen LogP contribution >= 0.6 is 0 Å². The molecule has 6 heavy (non-hydrogen) atoms. The first kappa shape index (κ1) is 9.04. The normalized spacial score (nSPS) is 5.50. The molecule has 0 amide bonds. The summed E-state index contributed by atoms with van der Waals surface area (Å²) in [4.78, 5) is 11.6. The third-order valence-corrected chi connectivity index (χ3v) is 0.0781. The molecule has 0 fully saturated rings. The van der Waals surface area contributed by atoms with Crippen LogP contribution in [0, 0.1) is 0 Å². The fourth-order valence-corrected chi connectivity index (χ4v) is 0. The molecular weight excluding hydrogens is 85.0 g/mol. The summed E-state index contributed by atoms with van der Waals surface area (Å²) in [5, 5.41) is 14.3. The zero-order valence-electron chi connectivity index (χ0n) is 2.21. The van der Waals surface area contributed by atoms with Crippen LogP contribution in [-0.4, -0.2) is 26.6 Å². The Hall–Kier alpha value is -0.601. The van der Waals surface area contributed by atoms with E-state index in [1.165, 1.54) is 0 Å². The van der Waals surface area contributed by atoms with Crippen LogP contribution in [0.4, 0.5) is 4.79 Å². The molecule has 0 aliphatic carbocycles. The molecule has 0 radical (unpaired) electrons. The average Bonchev–Trinajstić information content (AvgIpc) is 1.38. The number of hydrogen-bond donors (Lipinski definition) is 2. The Bertz CT molecular complexity index is 42.8. The minimum absolute atomic E-state index is 0. The van der Waals surface area contributed by atoms with E-state index in [-0.39, 0.29) is 10.1 Å². The van der Waals surface area contributed by atoms with Crippen LogP contribution in [0.1, 0.15) is 0 Å². The summed E-state index contributed by atoms with van der Waals surface area (Å²) in [5.41, 5.74) is 0. The zero-order chi connectivity index (χ0) is 4.28. The molecule has 4 nitrogen and oxygen atoms in total. The van der Waals surface area contributed by atoms with Crippen LogP contribution < -0.4 is 0 Å². The second kappa shape index (κ2) is 4.40. The van der Waals surface area contributed by atoms with Gasteiger partial charge in [-0.15, -0.1) is 0 Å². The fraction of sp³-hybridized carbons (Fsp3) is 0. The molecule has 0 aromatic rings. The van der Waals surface area contributed by atoms with Gasteiger partial charge in [0.25, 0.3) is 0 Å². The van der Waals surface area contributed by atoms with Gasteiger partial charge in [-0.1, -0.05) is 0 Å². The molecule has 0 aliphatic rings. The van der Waals surface area contributed by atoms with Gasteiger partial charge in [0.1, 0.15) is 0 Å². The van der Waals surface area contributed by atoms with Crippen molar-refractivity contribution in [1.29, 1.82) is 0 Å². The molecule has 0 bridgehead atoms. The van der Waals surface area contributed by atoms with Crippen molar-refractivity contribution in [3.63, 3.8) is 0 Å². The van der Waals surface area contributed by atoms with Crippen molar-refractivity contribution in [2.45, 2.75) is 0 Å². The van der Waals surface area contributed by atoms with Crippen molar-refractivity contribution in [1.82, 2.24) is 0 Å². The van der Waals surface area contributed by atoms with Crippen molar-refractivity contribution < 1.29 is 20.0 Å². The van der Waals surface area contributed by atoms with Gasteiger partial charge in [-0.3, -0.25) is 4.89 Å². The number of carboxylic acid groups (broad SMARTS) is 1. The minimum atomic E-state index is -1.69. The quantitative estimate of drug-likeness (QED) is 0.232. The molecule has 34 valence electrons. The van der Waals surface area contributed by atoms with Gasteiger partial charge < -0.3 is 5.11 Å². The summed E-state index contributed by atoms with van der Waals surface area (Å²) in [7, 11) is 0. The molecule has 0 rings (SSSR count). The molecule has 0 aliphatic heterocycles. The second-order valence-corrected chi connectivity index (χ2v) is 0.357. The van der Waals surface area contributed by atoms with E-state index in [1.54, 1.807) is 0 Å². The molecule has 0 aromatic heterocycles. The van der Waals surface area contributed by atoms with Gasteiger partial charge in [-0.25, -0.2) is 4.79 Å². The van der Waals surface area contributed by atoms with E-state index in [0.717, 1.165) is 0 Å². The van der Waals surface area contributed by atoms with Crippen LogP contribution in [0.2, 0.25) is 0 Å². The summed E-state index contributed by atoms with van der Waals surface area (Å²) >= 11 is 0. The molecule has 0 saturated heterocycles. The zero-order valence-corrected chi connectivity index (χ0v) is 2.21. The number of rotatable bonds is 0. The van der Waals surface area contributed by atoms with Gasteiger partial charge in [-0.2, -0.15) is 5.26 Å². The van der Waals surface area contributed by atoms with Crippen molar-refractivity contribution in [3.8, 4) is 0 Å². The number of carbonyl (C=O) groups is 1. The van der Waals surface area contributed by atoms with Crippen molar-refractivity contribution in [2.75, 3.05) is 0 Å². The Morgan fingerprint density at radius 1 is 1.67 bits per heavy atom. The van der Waals surface area contributed by atoms with Crippen LogP contribution in [0.3, 0.4) is 0 Å². The van der Waals surface area contributed by atoms with Crippen LogP contribution in [0.25, 0.3) is 0 Å². The summed E-state index contributed by atoms with van der Waals surface area (Å²) < 4.78 is 0. The maximum atomic E-state index is 8.90. The van der Waals surface area contributed by atoms with Gasteiger partial charge in [0.05, 0.1) is 0 Å². The van der Waals surface area contributed by atoms with Gasteiger partial charge >= 0.3 is 16.3 Å². The fourth-order valence-electron chi connectivity index (χ4n) is 0. The summed E-state index contributed by atoms with van der Waals surface area (Å²) in [6.07, 6.45) is -1.69. The molecular formula is CH4BeO4. The number of hydrogen-bond acceptors (Lipinski definition) is 3. The molecule has 0 saturated carbocycles. The molecule has 0 atom stereocenters. The molecule has 0 heterocycles. The monoisotopic (exact) mass is 89.0 g/mol. The Kier molecular flexibility index (Phi) is 6.63. The van der Waals surface area contributed by atoms with Gasteiger partial charge in [-0.05, 0) is 0 Å². The SMILES string of the molecule is O=C(O)OO.[BeH2]. The predicted octanol–water partition coefficient (Wildman–Crippen LogP) is -0.762. The van der Waals surface area contributed by atoms with E-state index in [4.69, 9.17) is 15.2 Å². The summed E-state index contributed by atoms with van der Waals surface area (Å²) in [6.45, 7) is 0. The van der Waals surface area contributed by atoms with E-state index in [0.29, 0.717) is 0 Å². The first-order valence-corrected chi connectivity index (χ1v) is 0.814. The van der Waals surface area contributed by atoms with E-state index in [1.807, 2.05) is 0 Å². The average molecular weight is 89.1 g/mol. The van der Waals surface area contributed by atoms with Crippen LogP contribution in [-0.2, 0) is 4.89 Å². The Labute approximate surface area is 37.5 Å². The van der Waals surface area contributed by atoms with Crippen LogP contribution in [0.5, 0.6) is 0 Å². The molecule has 5 heteroatoms. The molecule has 0 aromatic carbocycles. The van der Waals surface area contributed by atoms with E-state index < -0.39 is 6.16 Å². The van der Waals surface area contributed by atoms with E-state index in [9.17, 15) is 0 Å². The molecule has 2 N–H and O–H groups in total. The second-order valence-electron chi connectivity index (χ2n) is 0.357. The van der Waals surface area contributed by atoms with Crippen molar-refractivity contribution in [2.24, 2.45) is 0 Å². The predicted molar refractivity (Wildman–Crippen MR) is 20.3 cm³/mol. The molecule has 0 unspecified atom stereocenters. The van der Waals surface area contributed by atoms with Crippen molar-refractivity contribution in [3.05, 3.63) is 0 Å². The first-order chi connectivity index (χ1) is 2.27. The third kappa shape index (κ3) is 10.00. The van der Waals surface area contributed by atoms with E-state index >= 15 is 0 Å². The van der Waals surface area contributed by atoms with Gasteiger partial charge in [0.15, 0.2) is 0 Å². The first-order valence-electron chi connectivity index (χ1n) is 0.814. The third-order valence-electron chi connectivity index (χ3n) is 0.0781. The Balaban J connectivity index is 0. The summed E-state index contributed by atoms with van der Waals surface area (Å²) in [5.74, 6) is 0. The van der Waals surface area contributed by atoms with Gasteiger partial charge in [0.2, 0.25) is 0 Å². The van der Waals surface area contributed by atoms with Crippen molar-refractivity contribution >= 4 is 16.3 Å².